The third kappa shape index (κ3) is 5.40. The van der Waals surface area contributed by atoms with Gasteiger partial charge in [0.1, 0.15) is 82.8 Å². The summed E-state index contributed by atoms with van der Waals surface area (Å²) < 4.78 is 22.0. The van der Waals surface area contributed by atoms with Crippen LogP contribution >= 0.6 is 0 Å². The van der Waals surface area contributed by atoms with Crippen molar-refractivity contribution < 1.29 is 74.5 Å². The van der Waals surface area contributed by atoms with Gasteiger partial charge in [0.15, 0.2) is 17.8 Å². The molecular formula is C27H28O16. The highest BCUT2D eigenvalue weighted by molar-refractivity contribution is 5.88. The molecule has 0 amide bonds. The number of phenolic OH excluding ortho intramolecular Hbond substituents is 3. The van der Waals surface area contributed by atoms with Gasteiger partial charge in [-0.25, -0.2) is 4.79 Å². The molecule has 0 bridgehead atoms. The van der Waals surface area contributed by atoms with Crippen LogP contribution in [0.1, 0.15) is 11.7 Å². The van der Waals surface area contributed by atoms with Gasteiger partial charge in [-0.05, 0) is 24.3 Å². The van der Waals surface area contributed by atoms with Crippen molar-refractivity contribution in [2.75, 3.05) is 6.61 Å². The first-order chi connectivity index (χ1) is 20.3. The third-order valence-corrected chi connectivity index (χ3v) is 7.42. The van der Waals surface area contributed by atoms with Crippen molar-refractivity contribution in [1.29, 1.82) is 0 Å². The summed E-state index contributed by atoms with van der Waals surface area (Å²) in [6.45, 7) is -0.872. The number of carboxylic acid groups (broad SMARTS) is 1. The van der Waals surface area contributed by atoms with E-state index in [0.717, 1.165) is 12.1 Å². The molecule has 0 aliphatic carbocycles. The van der Waals surface area contributed by atoms with Gasteiger partial charge in [0.2, 0.25) is 0 Å². The third-order valence-electron chi connectivity index (χ3n) is 7.42. The number of aliphatic hydroxyl groups is 6. The van der Waals surface area contributed by atoms with Gasteiger partial charge in [-0.1, -0.05) is 0 Å². The van der Waals surface area contributed by atoms with Crippen LogP contribution in [0.15, 0.2) is 45.6 Å². The zero-order valence-electron chi connectivity index (χ0n) is 21.9. The van der Waals surface area contributed by atoms with Crippen LogP contribution in [0.5, 0.6) is 17.2 Å². The van der Waals surface area contributed by atoms with E-state index in [4.69, 9.17) is 18.6 Å². The molecule has 2 fully saturated rings. The number of ether oxygens (including phenoxy) is 3. The van der Waals surface area contributed by atoms with Crippen molar-refractivity contribution in [2.24, 2.45) is 0 Å². The van der Waals surface area contributed by atoms with Crippen molar-refractivity contribution in [1.82, 2.24) is 0 Å². The molecule has 43 heavy (non-hydrogen) atoms. The highest BCUT2D eigenvalue weighted by Gasteiger charge is 2.53. The van der Waals surface area contributed by atoms with Crippen LogP contribution in [0.25, 0.3) is 22.3 Å². The second-order valence-electron chi connectivity index (χ2n) is 10.1. The van der Waals surface area contributed by atoms with E-state index in [1.807, 2.05) is 0 Å². The van der Waals surface area contributed by atoms with Gasteiger partial charge in [0.05, 0.1) is 12.2 Å². The molecule has 5 rings (SSSR count). The molecule has 16 nitrogen and oxygen atoms in total. The van der Waals surface area contributed by atoms with Crippen LogP contribution in [0.3, 0.4) is 0 Å². The molecular weight excluding hydrogens is 580 g/mol. The van der Waals surface area contributed by atoms with Crippen LogP contribution in [0, 0.1) is 0 Å². The Morgan fingerprint density at radius 3 is 2.16 bits per heavy atom. The second-order valence-corrected chi connectivity index (χ2v) is 10.1. The fourth-order valence-corrected chi connectivity index (χ4v) is 5.15. The maximum Gasteiger partial charge on any atom is 0.335 e. The lowest BCUT2D eigenvalue weighted by molar-refractivity contribution is -0.337. The maximum absolute atomic E-state index is 13.1. The number of rotatable bonds is 6. The highest BCUT2D eigenvalue weighted by atomic mass is 16.7. The molecule has 0 saturated carbocycles. The van der Waals surface area contributed by atoms with E-state index in [0.29, 0.717) is 5.56 Å². The van der Waals surface area contributed by atoms with E-state index in [2.05, 4.69) is 0 Å². The monoisotopic (exact) mass is 608 g/mol. The smallest absolute Gasteiger partial charge is 0.335 e. The summed E-state index contributed by atoms with van der Waals surface area (Å²) in [5.74, 6) is -3.41. The number of carbonyl (C=O) groups is 1. The SMILES string of the molecule is O=C(O)[C@H]1O[C@@H](O[C@@H]2[C@@H](O)[C@H](O)[C@@H](CO)O[C@H]2c2c(O)cc3oc(-c4ccc(O)cc4)cc(=O)c3c2O)[C@H](O)[C@@H](O)[C@H]1O. The van der Waals surface area contributed by atoms with Gasteiger partial charge in [-0.3, -0.25) is 4.79 Å². The number of benzene rings is 2. The van der Waals surface area contributed by atoms with Crippen LogP contribution in [0.2, 0.25) is 0 Å². The molecule has 1 aromatic heterocycles. The lowest BCUT2D eigenvalue weighted by atomic mass is 9.89. The molecule has 0 spiro atoms. The van der Waals surface area contributed by atoms with Gasteiger partial charge in [0.25, 0.3) is 0 Å². The fourth-order valence-electron chi connectivity index (χ4n) is 5.15. The second kappa shape index (κ2) is 11.7. The van der Waals surface area contributed by atoms with E-state index in [9.17, 15) is 60.7 Å². The summed E-state index contributed by atoms with van der Waals surface area (Å²) in [7, 11) is 0. The van der Waals surface area contributed by atoms with Crippen molar-refractivity contribution in [3.05, 3.63) is 52.2 Å². The number of aliphatic carboxylic acids is 1. The summed E-state index contributed by atoms with van der Waals surface area (Å²) in [4.78, 5) is 24.7. The largest absolute Gasteiger partial charge is 0.508 e. The first-order valence-corrected chi connectivity index (χ1v) is 12.9. The lowest BCUT2D eigenvalue weighted by Gasteiger charge is -2.46. The molecule has 232 valence electrons. The van der Waals surface area contributed by atoms with Crippen LogP contribution < -0.4 is 5.43 Å². The Morgan fingerprint density at radius 2 is 1.53 bits per heavy atom. The molecule has 10 atom stereocenters. The topological polar surface area (TPSA) is 277 Å². The molecule has 10 N–H and O–H groups in total. The Kier molecular flexibility index (Phi) is 8.32. The van der Waals surface area contributed by atoms with Gasteiger partial charge in [0, 0.05) is 17.7 Å². The van der Waals surface area contributed by atoms with Gasteiger partial charge in [-0.15, -0.1) is 0 Å². The minimum absolute atomic E-state index is 0.0234. The summed E-state index contributed by atoms with van der Waals surface area (Å²) in [5, 5.41) is 102. The normalized spacial score (nSPS) is 33.0. The van der Waals surface area contributed by atoms with E-state index in [-0.39, 0.29) is 17.1 Å². The van der Waals surface area contributed by atoms with Gasteiger partial charge < -0.3 is 69.7 Å². The Bertz CT molecular complexity index is 1550. The fraction of sp³-hybridized carbons (Fsp3) is 0.407. The van der Waals surface area contributed by atoms with E-state index >= 15 is 0 Å². The average Bonchev–Trinajstić information content (AvgIpc) is 2.96. The minimum Gasteiger partial charge on any atom is -0.508 e. The zero-order valence-corrected chi connectivity index (χ0v) is 21.9. The molecule has 0 radical (unpaired) electrons. The van der Waals surface area contributed by atoms with Gasteiger partial charge in [-0.2, -0.15) is 0 Å². The Morgan fingerprint density at radius 1 is 0.860 bits per heavy atom. The molecule has 3 aromatic rings. The molecule has 2 saturated heterocycles. The Hall–Kier alpha value is -3.84. The van der Waals surface area contributed by atoms with E-state index < -0.39 is 102 Å². The first kappa shape index (κ1) is 30.6. The van der Waals surface area contributed by atoms with Crippen molar-refractivity contribution in [3.63, 3.8) is 0 Å². The van der Waals surface area contributed by atoms with Crippen molar-refractivity contribution in [3.8, 4) is 28.6 Å². The number of aliphatic hydroxyl groups excluding tert-OH is 6. The summed E-state index contributed by atoms with van der Waals surface area (Å²) in [6.07, 6.45) is -19.5. The highest BCUT2D eigenvalue weighted by Crippen LogP contribution is 2.46. The molecule has 2 aromatic carbocycles. The average molecular weight is 609 g/mol. The minimum atomic E-state index is -2.09. The predicted molar refractivity (Wildman–Crippen MR) is 139 cm³/mol. The van der Waals surface area contributed by atoms with Crippen LogP contribution in [-0.4, -0.2) is 119 Å². The standard InChI is InChI=1S/C27H28O16/c28-7-14-17(32)20(35)24(42-27-22(37)19(34)21(36)25(43-27)26(38)39)23(41-14)16-11(31)6-13-15(18(16)33)10(30)5-12(40-13)8-1-3-9(29)4-2-8/h1-6,14,17,19-25,27-29,31-37H,7H2,(H,38,39)/t14-,17-,19+,20+,21-,22-,23+,24-,25+,27-/m1/s1. The summed E-state index contributed by atoms with van der Waals surface area (Å²) >= 11 is 0. The Balaban J connectivity index is 1.58. The van der Waals surface area contributed by atoms with Crippen molar-refractivity contribution in [2.45, 2.75) is 61.2 Å². The van der Waals surface area contributed by atoms with E-state index in [1.165, 1.54) is 24.3 Å². The number of hydrogen-bond donors (Lipinski definition) is 10. The summed E-state index contributed by atoms with van der Waals surface area (Å²) in [6, 6.07) is 7.60. The predicted octanol–water partition coefficient (Wildman–Crippen LogP) is -1.99. The lowest BCUT2D eigenvalue weighted by Crippen LogP contribution is -2.63. The molecule has 3 heterocycles. The van der Waals surface area contributed by atoms with Crippen LogP contribution in [-0.2, 0) is 19.0 Å². The molecule has 0 unspecified atom stereocenters. The number of carboxylic acids is 1. The molecule has 2 aliphatic heterocycles. The number of fused-ring (bicyclic) bond motifs is 1. The number of aromatic hydroxyl groups is 3. The van der Waals surface area contributed by atoms with Crippen LogP contribution in [0.4, 0.5) is 0 Å². The molecule has 2 aliphatic rings. The zero-order chi connectivity index (χ0) is 31.3. The van der Waals surface area contributed by atoms with Gasteiger partial charge >= 0.3 is 5.97 Å². The number of hydrogen-bond acceptors (Lipinski definition) is 15. The van der Waals surface area contributed by atoms with E-state index in [1.54, 1.807) is 0 Å². The maximum atomic E-state index is 13.1. The molecule has 16 heteroatoms. The Labute approximate surface area is 240 Å². The number of phenols is 3. The first-order valence-electron chi connectivity index (χ1n) is 12.9. The van der Waals surface area contributed by atoms with Crippen molar-refractivity contribution >= 4 is 16.9 Å². The summed E-state index contributed by atoms with van der Waals surface area (Å²) in [5.41, 5.74) is -1.27. The quantitative estimate of drug-likeness (QED) is 0.145.